The number of hydrogen-bond acceptors (Lipinski definition) is 2. The quantitative estimate of drug-likeness (QED) is 0.365. The van der Waals surface area contributed by atoms with Crippen molar-refractivity contribution in [3.05, 3.63) is 11.6 Å². The summed E-state index contributed by atoms with van der Waals surface area (Å²) in [5.41, 5.74) is 1.68. The molecule has 0 heterocycles. The highest BCUT2D eigenvalue weighted by molar-refractivity contribution is 5.25. The Kier molecular flexibility index (Phi) is 6.26. The van der Waals surface area contributed by atoms with Crippen LogP contribution in [0.3, 0.4) is 0 Å². The lowest BCUT2D eigenvalue weighted by Crippen LogP contribution is -2.53. The van der Waals surface area contributed by atoms with Crippen LogP contribution in [0.5, 0.6) is 0 Å². The zero-order chi connectivity index (χ0) is 21.7. The van der Waals surface area contributed by atoms with Gasteiger partial charge in [-0.1, -0.05) is 58.6 Å². The molecule has 30 heavy (non-hydrogen) atoms. The first-order valence-electron chi connectivity index (χ1n) is 13.2. The van der Waals surface area contributed by atoms with E-state index < -0.39 is 5.60 Å². The van der Waals surface area contributed by atoms with Crippen molar-refractivity contribution in [1.82, 2.24) is 0 Å². The lowest BCUT2D eigenvalue weighted by Gasteiger charge is -2.59. The van der Waals surface area contributed by atoms with Gasteiger partial charge in [-0.05, 0) is 105 Å². The van der Waals surface area contributed by atoms with Gasteiger partial charge in [-0.3, -0.25) is 0 Å². The summed E-state index contributed by atoms with van der Waals surface area (Å²) < 4.78 is 0. The van der Waals surface area contributed by atoms with E-state index in [0.29, 0.717) is 16.7 Å². The van der Waals surface area contributed by atoms with Crippen molar-refractivity contribution >= 4 is 0 Å². The first kappa shape index (κ1) is 22.8. The molecule has 4 aliphatic carbocycles. The molecule has 0 bridgehead atoms. The summed E-state index contributed by atoms with van der Waals surface area (Å²) >= 11 is 0. The van der Waals surface area contributed by atoms with Gasteiger partial charge >= 0.3 is 0 Å². The zero-order valence-electron chi connectivity index (χ0n) is 20.4. The van der Waals surface area contributed by atoms with Crippen molar-refractivity contribution in [3.63, 3.8) is 0 Å². The Bertz CT molecular complexity index is 649. The second kappa shape index (κ2) is 8.22. The lowest BCUT2D eigenvalue weighted by molar-refractivity contribution is -0.105. The summed E-state index contributed by atoms with van der Waals surface area (Å²) in [5, 5.41) is 21.8. The third-order valence-electron chi connectivity index (χ3n) is 10.5. The Hall–Kier alpha value is -0.340. The number of aliphatic hydroxyl groups is 2. The predicted octanol–water partition coefficient (Wildman–Crippen LogP) is 6.89. The zero-order valence-corrected chi connectivity index (χ0v) is 20.4. The van der Waals surface area contributed by atoms with Crippen LogP contribution in [-0.4, -0.2) is 21.9 Å². The maximum absolute atomic E-state index is 11.6. The van der Waals surface area contributed by atoms with Crippen LogP contribution in [0.15, 0.2) is 11.6 Å². The summed E-state index contributed by atoms with van der Waals surface area (Å²) in [6, 6.07) is 0. The molecule has 4 aliphatic rings. The van der Waals surface area contributed by atoms with E-state index >= 15 is 0 Å². The average molecular weight is 417 g/mol. The summed E-state index contributed by atoms with van der Waals surface area (Å²) in [7, 11) is 0. The van der Waals surface area contributed by atoms with E-state index in [1.54, 1.807) is 5.57 Å². The van der Waals surface area contributed by atoms with Gasteiger partial charge in [0.05, 0.1) is 11.7 Å². The van der Waals surface area contributed by atoms with Crippen molar-refractivity contribution < 1.29 is 10.2 Å². The van der Waals surface area contributed by atoms with Gasteiger partial charge in [0.15, 0.2) is 0 Å². The number of unbranched alkanes of at least 4 members (excludes halogenated alkanes) is 1. The fourth-order valence-corrected chi connectivity index (χ4v) is 8.87. The molecular formula is C28H48O2. The Morgan fingerprint density at radius 2 is 1.83 bits per heavy atom. The molecule has 0 aromatic rings. The van der Waals surface area contributed by atoms with Gasteiger partial charge in [0.2, 0.25) is 0 Å². The average Bonchev–Trinajstić information content (AvgIpc) is 3.04. The van der Waals surface area contributed by atoms with Gasteiger partial charge in [-0.15, -0.1) is 0 Å². The van der Waals surface area contributed by atoms with Gasteiger partial charge < -0.3 is 10.2 Å². The second-order valence-electron chi connectivity index (χ2n) is 12.8. The Morgan fingerprint density at radius 3 is 2.57 bits per heavy atom. The molecule has 3 saturated carbocycles. The van der Waals surface area contributed by atoms with Crippen molar-refractivity contribution in [2.24, 2.45) is 40.4 Å². The maximum atomic E-state index is 11.6. The van der Waals surface area contributed by atoms with Gasteiger partial charge in [0.25, 0.3) is 0 Å². The van der Waals surface area contributed by atoms with Gasteiger partial charge in [-0.25, -0.2) is 0 Å². The molecule has 0 amide bonds. The fourth-order valence-electron chi connectivity index (χ4n) is 8.87. The van der Waals surface area contributed by atoms with E-state index in [1.807, 2.05) is 0 Å². The number of aliphatic hydroxyl groups excluding tert-OH is 1. The minimum absolute atomic E-state index is 0.114. The molecule has 172 valence electrons. The molecule has 0 aromatic heterocycles. The highest BCUT2D eigenvalue weighted by atomic mass is 16.3. The van der Waals surface area contributed by atoms with Crippen molar-refractivity contribution in [1.29, 1.82) is 0 Å². The molecule has 0 aromatic carbocycles. The highest BCUT2D eigenvalue weighted by Crippen LogP contribution is 2.67. The van der Waals surface area contributed by atoms with E-state index in [2.05, 4.69) is 40.7 Å². The van der Waals surface area contributed by atoms with Crippen molar-refractivity contribution in [2.45, 2.75) is 123 Å². The van der Waals surface area contributed by atoms with Crippen LogP contribution in [-0.2, 0) is 0 Å². The van der Waals surface area contributed by atoms with Gasteiger partial charge in [0.1, 0.15) is 0 Å². The van der Waals surface area contributed by atoms with Crippen LogP contribution in [0.2, 0.25) is 0 Å². The van der Waals surface area contributed by atoms with Crippen LogP contribution in [0.4, 0.5) is 0 Å². The second-order valence-corrected chi connectivity index (χ2v) is 12.8. The van der Waals surface area contributed by atoms with Crippen LogP contribution in [0, 0.1) is 40.4 Å². The SMILES string of the molecule is CC(C)CCCCC(C)(O)[C@H]1CC[C@H]2[C@@H]3CC=C4C[C@@H](O)CC[C@]4(C)[C@H]3CC[C@]12C. The third-order valence-corrected chi connectivity index (χ3v) is 10.5. The Balaban J connectivity index is 1.48. The molecule has 2 heteroatoms. The van der Waals surface area contributed by atoms with Crippen LogP contribution < -0.4 is 0 Å². The standard InChI is InChI=1S/C28H48O2/c1-19(2)8-6-7-15-28(5,30)25-12-11-23-22-10-9-20-18-21(29)13-16-26(20,3)24(22)14-17-27(23,25)4/h9,19,21-25,29-30H,6-8,10-18H2,1-5H3/t21-,22-,23-,24-,25-,26-,27-,28?/m0/s1. The minimum Gasteiger partial charge on any atom is -0.393 e. The molecule has 3 fully saturated rings. The topological polar surface area (TPSA) is 40.5 Å². The molecule has 0 saturated heterocycles. The lowest BCUT2D eigenvalue weighted by atomic mass is 9.46. The Morgan fingerprint density at radius 1 is 1.07 bits per heavy atom. The first-order valence-corrected chi connectivity index (χ1v) is 13.2. The molecule has 0 spiro atoms. The Labute approximate surface area is 185 Å². The molecule has 2 N–H and O–H groups in total. The first-order chi connectivity index (χ1) is 14.1. The fraction of sp³-hybridized carbons (Fsp3) is 0.929. The monoisotopic (exact) mass is 416 g/mol. The maximum Gasteiger partial charge on any atom is 0.0653 e. The van der Waals surface area contributed by atoms with E-state index in [1.165, 1.54) is 57.8 Å². The number of allylic oxidation sites excluding steroid dienone is 1. The van der Waals surface area contributed by atoms with Crippen molar-refractivity contribution in [3.8, 4) is 0 Å². The number of rotatable bonds is 6. The normalized spacial score (nSPS) is 45.3. The van der Waals surface area contributed by atoms with Gasteiger partial charge in [-0.2, -0.15) is 0 Å². The molecule has 2 nitrogen and oxygen atoms in total. The van der Waals surface area contributed by atoms with E-state index in [4.69, 9.17) is 0 Å². The number of fused-ring (bicyclic) bond motifs is 5. The summed E-state index contributed by atoms with van der Waals surface area (Å²) in [4.78, 5) is 0. The molecule has 0 aliphatic heterocycles. The van der Waals surface area contributed by atoms with E-state index in [0.717, 1.165) is 42.9 Å². The summed E-state index contributed by atoms with van der Waals surface area (Å²) in [5.74, 6) is 3.57. The van der Waals surface area contributed by atoms with Crippen molar-refractivity contribution in [2.75, 3.05) is 0 Å². The molecule has 0 radical (unpaired) electrons. The number of hydrogen-bond donors (Lipinski definition) is 2. The molecule has 4 rings (SSSR count). The van der Waals surface area contributed by atoms with Crippen LogP contribution in [0.1, 0.15) is 112 Å². The largest absolute Gasteiger partial charge is 0.393 e. The van der Waals surface area contributed by atoms with Crippen LogP contribution in [0.25, 0.3) is 0 Å². The third kappa shape index (κ3) is 3.83. The van der Waals surface area contributed by atoms with Gasteiger partial charge in [0, 0.05) is 0 Å². The smallest absolute Gasteiger partial charge is 0.0653 e. The predicted molar refractivity (Wildman–Crippen MR) is 125 cm³/mol. The van der Waals surface area contributed by atoms with E-state index in [9.17, 15) is 10.2 Å². The molecule has 8 atom stereocenters. The summed E-state index contributed by atoms with van der Waals surface area (Å²) in [6.45, 7) is 11.8. The minimum atomic E-state index is -0.512. The van der Waals surface area contributed by atoms with E-state index in [-0.39, 0.29) is 6.10 Å². The molecule has 1 unspecified atom stereocenters. The van der Waals surface area contributed by atoms with Crippen LogP contribution >= 0.6 is 0 Å². The summed E-state index contributed by atoms with van der Waals surface area (Å²) in [6.07, 6.45) is 16.5. The highest BCUT2D eigenvalue weighted by Gasteiger charge is 2.61. The molecular weight excluding hydrogens is 368 g/mol.